The topological polar surface area (TPSA) is 113 Å². The lowest BCUT2D eigenvalue weighted by molar-refractivity contribution is -0.384. The lowest BCUT2D eigenvalue weighted by Crippen LogP contribution is -2.25. The van der Waals surface area contributed by atoms with Gasteiger partial charge in [0.05, 0.1) is 21.3 Å². The third-order valence-electron chi connectivity index (χ3n) is 4.91. The van der Waals surface area contributed by atoms with Gasteiger partial charge in [0.15, 0.2) is 10.7 Å². The second kappa shape index (κ2) is 8.38. The normalized spacial score (nSPS) is 11.6. The molecule has 0 fully saturated rings. The van der Waals surface area contributed by atoms with E-state index in [1.165, 1.54) is 34.5 Å². The van der Waals surface area contributed by atoms with Crippen molar-refractivity contribution < 1.29 is 9.34 Å². The number of hydrogen-bond donors (Lipinski definition) is 0. The summed E-state index contributed by atoms with van der Waals surface area (Å²) < 4.78 is 8.26. The van der Waals surface area contributed by atoms with Crippen LogP contribution in [0.5, 0.6) is 0 Å². The van der Waals surface area contributed by atoms with Crippen LogP contribution in [0.2, 0.25) is 0 Å². The van der Waals surface area contributed by atoms with Crippen LogP contribution in [0.3, 0.4) is 0 Å². The molecule has 160 valence electrons. The van der Waals surface area contributed by atoms with Crippen molar-refractivity contribution in [2.75, 3.05) is 5.75 Å². The average Bonchev–Trinajstić information content (AvgIpc) is 3.05. The van der Waals surface area contributed by atoms with Gasteiger partial charge < -0.3 is 4.42 Å². The Bertz CT molecular complexity index is 1400. The molecule has 0 aliphatic heterocycles. The maximum absolute atomic E-state index is 12.9. The lowest BCUT2D eigenvalue weighted by atomic mass is 10.2. The first-order valence-corrected chi connectivity index (χ1v) is 10.8. The number of non-ortho nitro benzene ring substituents is 1. The van der Waals surface area contributed by atoms with Gasteiger partial charge in [0.2, 0.25) is 0 Å². The Morgan fingerprint density at radius 2 is 1.97 bits per heavy atom. The molecule has 9 nitrogen and oxygen atoms in total. The molecule has 0 amide bonds. The summed E-state index contributed by atoms with van der Waals surface area (Å²) in [4.78, 5) is 40.3. The fourth-order valence-electron chi connectivity index (χ4n) is 3.44. The van der Waals surface area contributed by atoms with Gasteiger partial charge >= 0.3 is 5.76 Å². The molecule has 0 spiro atoms. The van der Waals surface area contributed by atoms with E-state index in [0.29, 0.717) is 45.9 Å². The number of nitro groups is 1. The highest BCUT2D eigenvalue weighted by atomic mass is 32.2. The predicted octanol–water partition coefficient (Wildman–Crippen LogP) is 3.98. The predicted molar refractivity (Wildman–Crippen MR) is 119 cm³/mol. The monoisotopic (exact) mass is 440 g/mol. The van der Waals surface area contributed by atoms with E-state index in [2.05, 4.69) is 4.98 Å². The van der Waals surface area contributed by atoms with Crippen LogP contribution in [0.15, 0.2) is 61.6 Å². The van der Waals surface area contributed by atoms with Gasteiger partial charge in [-0.25, -0.2) is 9.78 Å². The number of thioether (sulfide) groups is 1. The summed E-state index contributed by atoms with van der Waals surface area (Å²) in [6, 6.07) is 11.3. The molecule has 0 radical (unpaired) electrons. The standard InChI is InChI=1S/C21H20N4O5S/c1-13(2)24-19(26)15-6-3-4-7-16(15)22-20(24)31-11-5-10-23-17-12-14(25(28)29)8-9-18(17)30-21(23)27/h3-4,6-9,12-13H,5,10-11H2,1-2H3. The number of benzene rings is 2. The maximum atomic E-state index is 12.9. The summed E-state index contributed by atoms with van der Waals surface area (Å²) in [5.41, 5.74) is 1.18. The summed E-state index contributed by atoms with van der Waals surface area (Å²) in [5.74, 6) is 0.0503. The van der Waals surface area contributed by atoms with Crippen LogP contribution >= 0.6 is 11.8 Å². The molecule has 0 bridgehead atoms. The number of aromatic nitrogens is 3. The molecule has 31 heavy (non-hydrogen) atoms. The smallest absolute Gasteiger partial charge is 0.408 e. The Balaban J connectivity index is 1.55. The zero-order valence-corrected chi connectivity index (χ0v) is 17.8. The molecule has 2 heterocycles. The number of nitrogens with zero attached hydrogens (tertiary/aromatic N) is 4. The zero-order chi connectivity index (χ0) is 22.1. The second-order valence-electron chi connectivity index (χ2n) is 7.31. The largest absolute Gasteiger partial charge is 0.419 e. The highest BCUT2D eigenvalue weighted by Gasteiger charge is 2.16. The number of para-hydroxylation sites is 1. The Hall–Kier alpha value is -3.40. The van der Waals surface area contributed by atoms with Gasteiger partial charge in [-0.2, -0.15) is 0 Å². The van der Waals surface area contributed by atoms with Crippen LogP contribution in [0.25, 0.3) is 22.0 Å². The van der Waals surface area contributed by atoms with Gasteiger partial charge in [-0.15, -0.1) is 0 Å². The molecule has 4 aromatic rings. The summed E-state index contributed by atoms with van der Waals surface area (Å²) in [6.07, 6.45) is 0.586. The van der Waals surface area contributed by atoms with Crippen molar-refractivity contribution in [3.63, 3.8) is 0 Å². The fourth-order valence-corrected chi connectivity index (χ4v) is 4.50. The quantitative estimate of drug-likeness (QED) is 0.140. The summed E-state index contributed by atoms with van der Waals surface area (Å²) in [5, 5.41) is 12.2. The highest BCUT2D eigenvalue weighted by Crippen LogP contribution is 2.23. The molecule has 0 atom stereocenters. The molecule has 0 N–H and O–H groups in total. The molecule has 2 aromatic heterocycles. The van der Waals surface area contributed by atoms with E-state index in [9.17, 15) is 19.7 Å². The third-order valence-corrected chi connectivity index (χ3v) is 5.95. The van der Waals surface area contributed by atoms with Crippen molar-refractivity contribution in [2.24, 2.45) is 0 Å². The third kappa shape index (κ3) is 3.98. The van der Waals surface area contributed by atoms with Crippen molar-refractivity contribution in [2.45, 2.75) is 38.0 Å². The first-order valence-electron chi connectivity index (χ1n) is 9.78. The molecule has 0 saturated heterocycles. The Morgan fingerprint density at radius 3 is 2.71 bits per heavy atom. The SMILES string of the molecule is CC(C)n1c(SCCCn2c(=O)oc3ccc([N+](=O)[O-])cc32)nc2ccccc2c1=O. The summed E-state index contributed by atoms with van der Waals surface area (Å²) in [7, 11) is 0. The van der Waals surface area contributed by atoms with E-state index in [-0.39, 0.29) is 17.3 Å². The van der Waals surface area contributed by atoms with E-state index in [1.54, 1.807) is 10.6 Å². The van der Waals surface area contributed by atoms with Crippen molar-refractivity contribution in [1.29, 1.82) is 0 Å². The number of hydrogen-bond acceptors (Lipinski definition) is 7. The molecular formula is C21H20N4O5S. The molecule has 0 aliphatic carbocycles. The minimum Gasteiger partial charge on any atom is -0.408 e. The van der Waals surface area contributed by atoms with E-state index < -0.39 is 10.7 Å². The minimum atomic E-state index is -0.552. The highest BCUT2D eigenvalue weighted by molar-refractivity contribution is 7.99. The van der Waals surface area contributed by atoms with Gasteiger partial charge in [-0.05, 0) is 38.5 Å². The van der Waals surface area contributed by atoms with Crippen LogP contribution in [0.4, 0.5) is 5.69 Å². The average molecular weight is 440 g/mol. The van der Waals surface area contributed by atoms with Gasteiger partial charge in [0.25, 0.3) is 11.2 Å². The first-order chi connectivity index (χ1) is 14.9. The Kier molecular flexibility index (Phi) is 5.64. The van der Waals surface area contributed by atoms with Crippen molar-refractivity contribution in [3.8, 4) is 0 Å². The van der Waals surface area contributed by atoms with Crippen molar-refractivity contribution >= 4 is 39.5 Å². The van der Waals surface area contributed by atoms with E-state index >= 15 is 0 Å². The zero-order valence-electron chi connectivity index (χ0n) is 17.0. The second-order valence-corrected chi connectivity index (χ2v) is 8.37. The number of oxazole rings is 1. The number of fused-ring (bicyclic) bond motifs is 2. The van der Waals surface area contributed by atoms with E-state index in [0.717, 1.165) is 0 Å². The minimum absolute atomic E-state index is 0.0481. The molecule has 0 aliphatic rings. The summed E-state index contributed by atoms with van der Waals surface area (Å²) in [6.45, 7) is 4.21. The molecule has 4 rings (SSSR count). The van der Waals surface area contributed by atoms with Crippen LogP contribution in [0.1, 0.15) is 26.3 Å². The summed E-state index contributed by atoms with van der Waals surface area (Å²) >= 11 is 1.44. The van der Waals surface area contributed by atoms with Crippen LogP contribution in [-0.4, -0.2) is 24.8 Å². The van der Waals surface area contributed by atoms with Crippen LogP contribution < -0.4 is 11.3 Å². The van der Waals surface area contributed by atoms with Gasteiger partial charge in [0.1, 0.15) is 0 Å². The fraction of sp³-hybridized carbons (Fsp3) is 0.286. The lowest BCUT2D eigenvalue weighted by Gasteiger charge is -2.16. The van der Waals surface area contributed by atoms with E-state index in [4.69, 9.17) is 4.42 Å². The molecule has 0 unspecified atom stereocenters. The maximum Gasteiger partial charge on any atom is 0.419 e. The molecule has 0 saturated carbocycles. The Morgan fingerprint density at radius 1 is 1.19 bits per heavy atom. The van der Waals surface area contributed by atoms with Gasteiger partial charge in [0, 0.05) is 30.5 Å². The number of nitro benzene ring substituents is 1. The Labute approximate surface area is 180 Å². The van der Waals surface area contributed by atoms with Gasteiger partial charge in [-0.3, -0.25) is 24.0 Å². The number of aryl methyl sites for hydroxylation is 1. The van der Waals surface area contributed by atoms with Crippen molar-refractivity contribution in [3.05, 3.63) is 73.5 Å². The van der Waals surface area contributed by atoms with E-state index in [1.807, 2.05) is 32.0 Å². The van der Waals surface area contributed by atoms with Crippen LogP contribution in [0, 0.1) is 10.1 Å². The first kappa shape index (κ1) is 20.9. The molecule has 2 aromatic carbocycles. The molecular weight excluding hydrogens is 420 g/mol. The van der Waals surface area contributed by atoms with Gasteiger partial charge in [-0.1, -0.05) is 23.9 Å². The number of rotatable bonds is 7. The van der Waals surface area contributed by atoms with Crippen LogP contribution in [-0.2, 0) is 6.54 Å². The molecule has 10 heteroatoms. The van der Waals surface area contributed by atoms with Crippen molar-refractivity contribution in [1.82, 2.24) is 14.1 Å².